The summed E-state index contributed by atoms with van der Waals surface area (Å²) >= 11 is 3.40. The first-order chi connectivity index (χ1) is 10.2. The maximum absolute atomic E-state index is 12.5. The van der Waals surface area contributed by atoms with E-state index in [9.17, 15) is 13.2 Å². The Hall–Kier alpha value is -1.34. The quantitative estimate of drug-likeness (QED) is 0.861. The fourth-order valence-corrected chi connectivity index (χ4v) is 5.30. The van der Waals surface area contributed by atoms with Gasteiger partial charge in [0.05, 0.1) is 17.0 Å². The van der Waals surface area contributed by atoms with E-state index in [-0.39, 0.29) is 23.2 Å². The molecular weight excluding hydrogens is 370 g/mol. The number of aryl methyl sites for hydroxylation is 1. The van der Waals surface area contributed by atoms with Crippen molar-refractivity contribution in [3.8, 4) is 0 Å². The molecule has 1 unspecified atom stereocenters. The van der Waals surface area contributed by atoms with Crippen LogP contribution in [0.3, 0.4) is 0 Å². The second-order valence-electron chi connectivity index (χ2n) is 6.05. The van der Waals surface area contributed by atoms with Crippen LogP contribution in [0.5, 0.6) is 0 Å². The van der Waals surface area contributed by atoms with E-state index in [4.69, 9.17) is 4.42 Å². The summed E-state index contributed by atoms with van der Waals surface area (Å²) in [6.07, 6.45) is 0.423. The van der Waals surface area contributed by atoms with E-state index >= 15 is 0 Å². The first kappa shape index (κ1) is 15.6. The number of fused-ring (bicyclic) bond motifs is 1. The number of nitrogens with one attached hydrogen (secondary N) is 1. The molecular formula is C15H16BrNO4S. The summed E-state index contributed by atoms with van der Waals surface area (Å²) in [5.41, 5.74) is 0.648. The van der Waals surface area contributed by atoms with Gasteiger partial charge >= 0.3 is 0 Å². The van der Waals surface area contributed by atoms with Gasteiger partial charge in [0.1, 0.15) is 5.58 Å². The number of benzene rings is 1. The minimum absolute atomic E-state index is 0.0312. The first-order valence-electron chi connectivity index (χ1n) is 6.91. The van der Waals surface area contributed by atoms with Crippen LogP contribution in [0.2, 0.25) is 0 Å². The van der Waals surface area contributed by atoms with Crippen LogP contribution in [-0.4, -0.2) is 31.4 Å². The third-order valence-electron chi connectivity index (χ3n) is 4.02. The standard InChI is InChI=1S/C15H16BrNO4S/c1-9-11-7-10(16)3-4-12(11)21-13(9)14(18)17-15(2)5-6-22(19,20)8-15/h3-4,7H,5-6,8H2,1-2H3,(H,17,18). The Morgan fingerprint density at radius 3 is 2.77 bits per heavy atom. The summed E-state index contributed by atoms with van der Waals surface area (Å²) in [4.78, 5) is 12.5. The Morgan fingerprint density at radius 2 is 2.14 bits per heavy atom. The Balaban J connectivity index is 1.91. The van der Waals surface area contributed by atoms with Crippen LogP contribution in [0, 0.1) is 6.92 Å². The van der Waals surface area contributed by atoms with Gasteiger partial charge in [0, 0.05) is 15.4 Å². The van der Waals surface area contributed by atoms with Crippen LogP contribution >= 0.6 is 15.9 Å². The highest BCUT2D eigenvalue weighted by atomic mass is 79.9. The highest BCUT2D eigenvalue weighted by Crippen LogP contribution is 2.29. The second kappa shape index (κ2) is 5.09. The summed E-state index contributed by atoms with van der Waals surface area (Å²) < 4.78 is 29.8. The molecule has 0 radical (unpaired) electrons. The second-order valence-corrected chi connectivity index (χ2v) is 9.15. The van der Waals surface area contributed by atoms with Crippen LogP contribution in [0.4, 0.5) is 0 Å². The van der Waals surface area contributed by atoms with E-state index in [0.29, 0.717) is 12.0 Å². The van der Waals surface area contributed by atoms with Crippen molar-refractivity contribution in [2.45, 2.75) is 25.8 Å². The molecule has 0 spiro atoms. The van der Waals surface area contributed by atoms with Crippen molar-refractivity contribution in [3.63, 3.8) is 0 Å². The number of halogens is 1. The molecule has 3 rings (SSSR count). The zero-order valence-electron chi connectivity index (χ0n) is 12.3. The van der Waals surface area contributed by atoms with E-state index in [2.05, 4.69) is 21.2 Å². The number of carbonyl (C=O) groups is 1. The molecule has 2 heterocycles. The lowest BCUT2D eigenvalue weighted by atomic mass is 10.0. The van der Waals surface area contributed by atoms with Gasteiger partial charge in [0.25, 0.3) is 5.91 Å². The average molecular weight is 386 g/mol. The van der Waals surface area contributed by atoms with Gasteiger partial charge in [0.15, 0.2) is 15.6 Å². The van der Waals surface area contributed by atoms with Gasteiger partial charge in [-0.3, -0.25) is 4.79 Å². The van der Waals surface area contributed by atoms with Crippen molar-refractivity contribution in [1.29, 1.82) is 0 Å². The molecule has 1 aromatic carbocycles. The lowest BCUT2D eigenvalue weighted by Crippen LogP contribution is -2.47. The van der Waals surface area contributed by atoms with Crippen LogP contribution in [0.15, 0.2) is 27.1 Å². The monoisotopic (exact) mass is 385 g/mol. The largest absolute Gasteiger partial charge is 0.451 e. The number of sulfone groups is 1. The van der Waals surface area contributed by atoms with Crippen molar-refractivity contribution in [2.75, 3.05) is 11.5 Å². The molecule has 0 saturated carbocycles. The van der Waals surface area contributed by atoms with Gasteiger partial charge in [0.2, 0.25) is 0 Å². The number of amides is 1. The molecule has 1 atom stereocenters. The normalized spacial score (nSPS) is 23.8. The molecule has 1 aliphatic rings. The summed E-state index contributed by atoms with van der Waals surface area (Å²) in [7, 11) is -3.07. The Kier molecular flexibility index (Phi) is 3.60. The average Bonchev–Trinajstić information content (AvgIpc) is 2.87. The predicted octanol–water partition coefficient (Wildman–Crippen LogP) is 2.81. The summed E-state index contributed by atoms with van der Waals surface area (Å²) in [6.45, 7) is 3.57. The molecule has 0 aliphatic carbocycles. The Labute approximate surface area is 137 Å². The van der Waals surface area contributed by atoms with E-state index in [1.165, 1.54) is 0 Å². The lowest BCUT2D eigenvalue weighted by molar-refractivity contribution is 0.0888. The maximum atomic E-state index is 12.5. The molecule has 22 heavy (non-hydrogen) atoms. The van der Waals surface area contributed by atoms with Crippen molar-refractivity contribution in [2.24, 2.45) is 0 Å². The molecule has 1 N–H and O–H groups in total. The smallest absolute Gasteiger partial charge is 0.287 e. The van der Waals surface area contributed by atoms with Gasteiger partial charge < -0.3 is 9.73 Å². The first-order valence-corrected chi connectivity index (χ1v) is 9.52. The molecule has 1 fully saturated rings. The zero-order chi connectivity index (χ0) is 16.1. The molecule has 7 heteroatoms. The Bertz CT molecular complexity index is 871. The summed E-state index contributed by atoms with van der Waals surface area (Å²) in [5, 5.41) is 3.68. The predicted molar refractivity (Wildman–Crippen MR) is 87.8 cm³/mol. The summed E-state index contributed by atoms with van der Waals surface area (Å²) in [6, 6.07) is 5.54. The number of hydrogen-bond donors (Lipinski definition) is 1. The maximum Gasteiger partial charge on any atom is 0.287 e. The minimum Gasteiger partial charge on any atom is -0.451 e. The topological polar surface area (TPSA) is 76.4 Å². The third-order valence-corrected chi connectivity index (χ3v) is 6.42. The lowest BCUT2D eigenvalue weighted by Gasteiger charge is -2.23. The van der Waals surface area contributed by atoms with Crippen molar-refractivity contribution >= 4 is 42.6 Å². The molecule has 1 saturated heterocycles. The van der Waals surface area contributed by atoms with Gasteiger partial charge in [-0.15, -0.1) is 0 Å². The van der Waals surface area contributed by atoms with E-state index in [0.717, 1.165) is 15.4 Å². The van der Waals surface area contributed by atoms with E-state index in [1.54, 1.807) is 13.0 Å². The molecule has 5 nitrogen and oxygen atoms in total. The fourth-order valence-electron chi connectivity index (χ4n) is 2.85. The van der Waals surface area contributed by atoms with E-state index in [1.807, 2.05) is 19.1 Å². The van der Waals surface area contributed by atoms with Crippen molar-refractivity contribution in [1.82, 2.24) is 5.32 Å². The van der Waals surface area contributed by atoms with Gasteiger partial charge in [-0.2, -0.15) is 0 Å². The Morgan fingerprint density at radius 1 is 1.41 bits per heavy atom. The van der Waals surface area contributed by atoms with Crippen LogP contribution < -0.4 is 5.32 Å². The fraction of sp³-hybridized carbons (Fsp3) is 0.400. The van der Waals surface area contributed by atoms with Gasteiger partial charge in [-0.05, 0) is 38.5 Å². The van der Waals surface area contributed by atoms with E-state index < -0.39 is 15.4 Å². The molecule has 118 valence electrons. The van der Waals surface area contributed by atoms with Crippen LogP contribution in [-0.2, 0) is 9.84 Å². The van der Waals surface area contributed by atoms with Crippen molar-refractivity contribution in [3.05, 3.63) is 34.0 Å². The van der Waals surface area contributed by atoms with Gasteiger partial charge in [-0.25, -0.2) is 8.42 Å². The van der Waals surface area contributed by atoms with Crippen molar-refractivity contribution < 1.29 is 17.6 Å². The molecule has 0 bridgehead atoms. The van der Waals surface area contributed by atoms with Crippen LogP contribution in [0.1, 0.15) is 29.5 Å². The molecule has 1 aliphatic heterocycles. The number of hydrogen-bond acceptors (Lipinski definition) is 4. The highest BCUT2D eigenvalue weighted by molar-refractivity contribution is 9.10. The summed E-state index contributed by atoms with van der Waals surface area (Å²) in [5.74, 6) is -0.0603. The minimum atomic E-state index is -3.07. The number of furan rings is 1. The molecule has 2 aromatic rings. The van der Waals surface area contributed by atoms with Crippen LogP contribution in [0.25, 0.3) is 11.0 Å². The highest BCUT2D eigenvalue weighted by Gasteiger charge is 2.40. The third kappa shape index (κ3) is 2.79. The number of carbonyl (C=O) groups excluding carboxylic acids is 1. The zero-order valence-corrected chi connectivity index (χ0v) is 14.7. The molecule has 1 amide bonds. The SMILES string of the molecule is Cc1c(C(=O)NC2(C)CCS(=O)(=O)C2)oc2ccc(Br)cc12. The number of rotatable bonds is 2. The molecule has 1 aromatic heterocycles. The van der Waals surface area contributed by atoms with Gasteiger partial charge in [-0.1, -0.05) is 15.9 Å².